The Bertz CT molecular complexity index is 208. The molecule has 0 aromatic carbocycles. The minimum Gasteiger partial charge on any atom is -0.192 e. The molecular formula is C10H18N2. The molecule has 0 fully saturated rings. The Labute approximate surface area is 75.1 Å². The zero-order valence-corrected chi connectivity index (χ0v) is 8.52. The molecule has 0 bridgehead atoms. The monoisotopic (exact) mass is 166 g/mol. The second kappa shape index (κ2) is 5.70. The zero-order valence-electron chi connectivity index (χ0n) is 8.52. The van der Waals surface area contributed by atoms with Crippen LogP contribution in [0.25, 0.3) is 0 Å². The third kappa shape index (κ3) is 3.46. The Kier molecular flexibility index (Phi) is 5.26. The SMILES string of the molecule is C=C(CCC)C(N=NC)=C(C)C. The van der Waals surface area contributed by atoms with Gasteiger partial charge in [-0.1, -0.05) is 19.9 Å². The highest BCUT2D eigenvalue weighted by atomic mass is 15.1. The molecule has 0 saturated heterocycles. The third-order valence-corrected chi connectivity index (χ3v) is 1.56. The summed E-state index contributed by atoms with van der Waals surface area (Å²) in [5, 5.41) is 7.81. The molecule has 0 saturated carbocycles. The first kappa shape index (κ1) is 11.1. The van der Waals surface area contributed by atoms with Crippen LogP contribution >= 0.6 is 0 Å². The van der Waals surface area contributed by atoms with Crippen LogP contribution in [0.1, 0.15) is 33.6 Å². The van der Waals surface area contributed by atoms with Gasteiger partial charge in [-0.3, -0.25) is 0 Å². The van der Waals surface area contributed by atoms with Crippen molar-refractivity contribution in [3.63, 3.8) is 0 Å². The van der Waals surface area contributed by atoms with E-state index in [1.807, 2.05) is 13.8 Å². The van der Waals surface area contributed by atoms with Crippen LogP contribution in [0, 0.1) is 0 Å². The molecule has 0 N–H and O–H groups in total. The molecule has 0 atom stereocenters. The van der Waals surface area contributed by atoms with E-state index in [0.29, 0.717) is 0 Å². The number of allylic oxidation sites excluding steroid dienone is 2. The second-order valence-electron chi connectivity index (χ2n) is 3.00. The minimum absolute atomic E-state index is 0.958. The minimum atomic E-state index is 0.958. The van der Waals surface area contributed by atoms with Crippen molar-refractivity contribution >= 4 is 0 Å². The molecule has 2 heteroatoms. The van der Waals surface area contributed by atoms with Crippen molar-refractivity contribution in [1.82, 2.24) is 0 Å². The summed E-state index contributed by atoms with van der Waals surface area (Å²) < 4.78 is 0. The van der Waals surface area contributed by atoms with Crippen LogP contribution in [-0.4, -0.2) is 7.05 Å². The first-order chi connectivity index (χ1) is 5.63. The molecule has 68 valence electrons. The summed E-state index contributed by atoms with van der Waals surface area (Å²) in [6.45, 7) is 10.2. The molecule has 0 rings (SSSR count). The first-order valence-electron chi connectivity index (χ1n) is 4.29. The fraction of sp³-hybridized carbons (Fsp3) is 0.600. The van der Waals surface area contributed by atoms with Crippen molar-refractivity contribution in [2.45, 2.75) is 33.6 Å². The molecule has 2 nitrogen and oxygen atoms in total. The summed E-state index contributed by atoms with van der Waals surface area (Å²) in [4.78, 5) is 0. The summed E-state index contributed by atoms with van der Waals surface area (Å²) in [6.07, 6.45) is 2.11. The Hall–Kier alpha value is -0.920. The van der Waals surface area contributed by atoms with Crippen molar-refractivity contribution in [3.8, 4) is 0 Å². The predicted octanol–water partition coefficient (Wildman–Crippen LogP) is 3.72. The summed E-state index contributed by atoms with van der Waals surface area (Å²) in [5.74, 6) is 0. The van der Waals surface area contributed by atoms with Gasteiger partial charge in [-0.15, -0.1) is 0 Å². The van der Waals surface area contributed by atoms with E-state index in [0.717, 1.165) is 24.1 Å². The Morgan fingerprint density at radius 3 is 2.25 bits per heavy atom. The Balaban J connectivity index is 4.54. The van der Waals surface area contributed by atoms with Gasteiger partial charge in [0.1, 0.15) is 0 Å². The van der Waals surface area contributed by atoms with E-state index in [-0.39, 0.29) is 0 Å². The van der Waals surface area contributed by atoms with Gasteiger partial charge in [0.15, 0.2) is 0 Å². The van der Waals surface area contributed by atoms with E-state index in [1.165, 1.54) is 5.57 Å². The number of hydrogen-bond acceptors (Lipinski definition) is 2. The Morgan fingerprint density at radius 2 is 1.92 bits per heavy atom. The van der Waals surface area contributed by atoms with Crippen LogP contribution in [0.4, 0.5) is 0 Å². The lowest BCUT2D eigenvalue weighted by Crippen LogP contribution is -1.87. The van der Waals surface area contributed by atoms with E-state index in [2.05, 4.69) is 23.7 Å². The largest absolute Gasteiger partial charge is 0.192 e. The molecule has 0 heterocycles. The van der Waals surface area contributed by atoms with Gasteiger partial charge in [-0.25, -0.2) is 0 Å². The molecule has 0 aliphatic carbocycles. The zero-order chi connectivity index (χ0) is 9.56. The number of azo groups is 1. The summed E-state index contributed by atoms with van der Waals surface area (Å²) >= 11 is 0. The number of hydrogen-bond donors (Lipinski definition) is 0. The molecule has 0 aliphatic heterocycles. The van der Waals surface area contributed by atoms with E-state index >= 15 is 0 Å². The van der Waals surface area contributed by atoms with E-state index in [9.17, 15) is 0 Å². The lowest BCUT2D eigenvalue weighted by Gasteiger charge is -2.05. The van der Waals surface area contributed by atoms with Crippen LogP contribution in [0.15, 0.2) is 33.7 Å². The van der Waals surface area contributed by atoms with Gasteiger partial charge >= 0.3 is 0 Å². The number of nitrogens with zero attached hydrogens (tertiary/aromatic N) is 2. The van der Waals surface area contributed by atoms with Gasteiger partial charge < -0.3 is 0 Å². The van der Waals surface area contributed by atoms with E-state index < -0.39 is 0 Å². The quantitative estimate of drug-likeness (QED) is 0.449. The molecule has 0 spiro atoms. The van der Waals surface area contributed by atoms with Gasteiger partial charge in [-0.05, 0) is 31.4 Å². The third-order valence-electron chi connectivity index (χ3n) is 1.56. The molecule has 12 heavy (non-hydrogen) atoms. The molecule has 0 aliphatic rings. The second-order valence-corrected chi connectivity index (χ2v) is 3.00. The van der Waals surface area contributed by atoms with Crippen molar-refractivity contribution < 1.29 is 0 Å². The molecule has 0 amide bonds. The summed E-state index contributed by atoms with van der Waals surface area (Å²) in [6, 6.07) is 0. The van der Waals surface area contributed by atoms with Crippen LogP contribution in [0.5, 0.6) is 0 Å². The normalized spacial score (nSPS) is 10.3. The molecule has 0 aromatic rings. The van der Waals surface area contributed by atoms with E-state index in [4.69, 9.17) is 0 Å². The van der Waals surface area contributed by atoms with Gasteiger partial charge in [0, 0.05) is 7.05 Å². The number of rotatable bonds is 4. The fourth-order valence-electron chi connectivity index (χ4n) is 1.04. The van der Waals surface area contributed by atoms with Crippen LogP contribution in [-0.2, 0) is 0 Å². The lowest BCUT2D eigenvalue weighted by atomic mass is 10.1. The van der Waals surface area contributed by atoms with Gasteiger partial charge in [0.25, 0.3) is 0 Å². The molecule has 0 unspecified atom stereocenters. The molecule has 0 radical (unpaired) electrons. The standard InChI is InChI=1S/C10H18N2/c1-6-7-9(4)10(8(2)3)12-11-5/h4,6-7H2,1-3,5H3. The topological polar surface area (TPSA) is 24.7 Å². The predicted molar refractivity (Wildman–Crippen MR) is 53.2 cm³/mol. The average Bonchev–Trinajstić information content (AvgIpc) is 1.99. The molecule has 0 aromatic heterocycles. The smallest absolute Gasteiger partial charge is 0.0864 e. The van der Waals surface area contributed by atoms with Crippen molar-refractivity contribution in [3.05, 3.63) is 23.4 Å². The van der Waals surface area contributed by atoms with Gasteiger partial charge in [0.05, 0.1) is 5.70 Å². The lowest BCUT2D eigenvalue weighted by molar-refractivity contribution is 0.892. The summed E-state index contributed by atoms with van der Waals surface area (Å²) in [5.41, 5.74) is 3.22. The highest BCUT2D eigenvalue weighted by Gasteiger charge is 2.01. The van der Waals surface area contributed by atoms with E-state index in [1.54, 1.807) is 7.05 Å². The van der Waals surface area contributed by atoms with Crippen LogP contribution in [0.2, 0.25) is 0 Å². The van der Waals surface area contributed by atoms with Gasteiger partial charge in [0.2, 0.25) is 0 Å². The average molecular weight is 166 g/mol. The molecular weight excluding hydrogens is 148 g/mol. The first-order valence-corrected chi connectivity index (χ1v) is 4.29. The maximum atomic E-state index is 4.05. The van der Waals surface area contributed by atoms with Crippen LogP contribution in [0.3, 0.4) is 0 Å². The van der Waals surface area contributed by atoms with Gasteiger partial charge in [-0.2, -0.15) is 10.2 Å². The Morgan fingerprint density at radius 1 is 1.33 bits per heavy atom. The summed E-state index contributed by atoms with van der Waals surface area (Å²) in [7, 11) is 1.68. The van der Waals surface area contributed by atoms with Crippen LogP contribution < -0.4 is 0 Å². The maximum Gasteiger partial charge on any atom is 0.0864 e. The van der Waals surface area contributed by atoms with Crippen molar-refractivity contribution in [1.29, 1.82) is 0 Å². The maximum absolute atomic E-state index is 4.05. The fourth-order valence-corrected chi connectivity index (χ4v) is 1.04. The van der Waals surface area contributed by atoms with Crippen molar-refractivity contribution in [2.75, 3.05) is 7.05 Å². The highest BCUT2D eigenvalue weighted by molar-refractivity contribution is 5.29. The highest BCUT2D eigenvalue weighted by Crippen LogP contribution is 2.18. The van der Waals surface area contributed by atoms with Crippen molar-refractivity contribution in [2.24, 2.45) is 10.2 Å².